The van der Waals surface area contributed by atoms with Crippen LogP contribution in [-0.4, -0.2) is 41.3 Å². The lowest BCUT2D eigenvalue weighted by Gasteiger charge is -2.39. The third kappa shape index (κ3) is 4.05. The quantitative estimate of drug-likeness (QED) is 0.614. The number of thiazole rings is 1. The zero-order chi connectivity index (χ0) is 21.2. The van der Waals surface area contributed by atoms with E-state index in [4.69, 9.17) is 4.74 Å². The van der Waals surface area contributed by atoms with E-state index in [0.717, 1.165) is 47.1 Å². The van der Waals surface area contributed by atoms with E-state index in [-0.39, 0.29) is 18.7 Å². The Morgan fingerprint density at radius 2 is 2.00 bits per heavy atom. The number of aliphatic hydroxyl groups is 1. The molecule has 1 fully saturated rings. The molecule has 5 nitrogen and oxygen atoms in total. The van der Waals surface area contributed by atoms with E-state index in [9.17, 15) is 5.11 Å². The molecular weight excluding hydrogens is 406 g/mol. The summed E-state index contributed by atoms with van der Waals surface area (Å²) in [4.78, 5) is 6.99. The van der Waals surface area contributed by atoms with E-state index in [0.29, 0.717) is 5.92 Å². The number of aromatic nitrogens is 1. The van der Waals surface area contributed by atoms with Gasteiger partial charge in [-0.2, -0.15) is 0 Å². The van der Waals surface area contributed by atoms with Gasteiger partial charge in [0.15, 0.2) is 0 Å². The van der Waals surface area contributed by atoms with Gasteiger partial charge in [0, 0.05) is 40.4 Å². The lowest BCUT2D eigenvalue weighted by Crippen LogP contribution is -2.41. The Balaban J connectivity index is 1.45. The van der Waals surface area contributed by atoms with Crippen LogP contribution in [0.4, 0.5) is 5.69 Å². The van der Waals surface area contributed by atoms with Gasteiger partial charge in [-0.1, -0.05) is 11.8 Å². The molecule has 158 valence electrons. The van der Waals surface area contributed by atoms with Crippen LogP contribution in [-0.2, 0) is 6.54 Å². The fourth-order valence-corrected chi connectivity index (χ4v) is 5.38. The van der Waals surface area contributed by atoms with Crippen LogP contribution >= 0.6 is 11.3 Å². The second kappa shape index (κ2) is 8.72. The zero-order valence-electron chi connectivity index (χ0n) is 17.4. The van der Waals surface area contributed by atoms with E-state index >= 15 is 0 Å². The maximum Gasteiger partial charge on any atom is 0.118 e. The summed E-state index contributed by atoms with van der Waals surface area (Å²) in [5.74, 6) is 7.78. The Morgan fingerprint density at radius 3 is 2.74 bits per heavy atom. The highest BCUT2D eigenvalue weighted by Crippen LogP contribution is 2.47. The maximum atomic E-state index is 9.99. The van der Waals surface area contributed by atoms with Gasteiger partial charge in [0.1, 0.15) is 10.8 Å². The number of anilines is 1. The average molecular weight is 432 g/mol. The summed E-state index contributed by atoms with van der Waals surface area (Å²) in [6, 6.07) is 14.5. The van der Waals surface area contributed by atoms with Crippen molar-refractivity contribution in [2.24, 2.45) is 5.92 Å². The van der Waals surface area contributed by atoms with Crippen LogP contribution in [0.1, 0.15) is 34.2 Å². The van der Waals surface area contributed by atoms with Crippen LogP contribution in [0, 0.1) is 17.8 Å². The van der Waals surface area contributed by atoms with E-state index in [1.165, 1.54) is 5.56 Å². The lowest BCUT2D eigenvalue weighted by atomic mass is 9.82. The third-order valence-electron chi connectivity index (χ3n) is 6.24. The minimum atomic E-state index is 0.0787. The molecule has 0 amide bonds. The summed E-state index contributed by atoms with van der Waals surface area (Å²) in [6.07, 6.45) is 2.93. The van der Waals surface area contributed by atoms with Crippen molar-refractivity contribution in [1.82, 2.24) is 9.88 Å². The van der Waals surface area contributed by atoms with Gasteiger partial charge in [0.2, 0.25) is 0 Å². The van der Waals surface area contributed by atoms with Crippen molar-refractivity contribution in [2.75, 3.05) is 25.6 Å². The van der Waals surface area contributed by atoms with E-state index in [1.54, 1.807) is 18.4 Å². The minimum Gasteiger partial charge on any atom is -0.497 e. The number of hydrogen-bond acceptors (Lipinski definition) is 6. The number of ether oxygens (including phenoxy) is 1. The number of aliphatic hydroxyl groups excluding tert-OH is 1. The number of rotatable bonds is 4. The first-order valence-electron chi connectivity index (χ1n) is 10.5. The molecule has 2 N–H and O–H groups in total. The number of nitrogens with one attached hydrogen (secondary N) is 1. The summed E-state index contributed by atoms with van der Waals surface area (Å²) in [5, 5.41) is 16.7. The number of methoxy groups -OCH3 is 1. The molecule has 31 heavy (non-hydrogen) atoms. The highest BCUT2D eigenvalue weighted by atomic mass is 32.1. The largest absolute Gasteiger partial charge is 0.497 e. The Hall–Kier alpha value is -2.85. The van der Waals surface area contributed by atoms with Crippen LogP contribution in [0.2, 0.25) is 0 Å². The van der Waals surface area contributed by atoms with Gasteiger partial charge in [-0.25, -0.2) is 4.98 Å². The molecular formula is C25H25N3O2S. The third-order valence-corrected chi connectivity index (χ3v) is 7.00. The van der Waals surface area contributed by atoms with Crippen LogP contribution in [0.15, 0.2) is 54.0 Å². The van der Waals surface area contributed by atoms with Gasteiger partial charge in [-0.3, -0.25) is 4.90 Å². The summed E-state index contributed by atoms with van der Waals surface area (Å²) in [6.45, 7) is 2.00. The molecule has 3 atom stereocenters. The van der Waals surface area contributed by atoms with Crippen molar-refractivity contribution in [3.63, 3.8) is 0 Å². The number of likely N-dealkylation sites (tertiary alicyclic amines) is 1. The molecule has 2 aliphatic rings. The fourth-order valence-electron chi connectivity index (χ4n) is 4.74. The van der Waals surface area contributed by atoms with Crippen molar-refractivity contribution in [2.45, 2.75) is 25.0 Å². The average Bonchev–Trinajstić information content (AvgIpc) is 3.48. The van der Waals surface area contributed by atoms with Crippen molar-refractivity contribution in [3.8, 4) is 17.6 Å². The van der Waals surface area contributed by atoms with Crippen LogP contribution < -0.4 is 10.1 Å². The smallest absolute Gasteiger partial charge is 0.118 e. The first kappa shape index (κ1) is 20.1. The minimum absolute atomic E-state index is 0.0787. The highest BCUT2D eigenvalue weighted by molar-refractivity contribution is 7.09. The molecule has 3 aromatic rings. The molecule has 0 unspecified atom stereocenters. The topological polar surface area (TPSA) is 57.6 Å². The summed E-state index contributed by atoms with van der Waals surface area (Å²) in [5.41, 5.74) is 4.33. The molecule has 1 saturated heterocycles. The van der Waals surface area contributed by atoms with Crippen LogP contribution in [0.25, 0.3) is 0 Å². The zero-order valence-corrected chi connectivity index (χ0v) is 18.2. The molecule has 0 spiro atoms. The number of hydrogen-bond donors (Lipinski definition) is 2. The standard InChI is InChI=1S/C25H25N3O2S/c1-30-19-7-4-17(5-8-19)2-3-18-6-9-22-21(14-18)25-20(23(16-29)27-22)10-12-28(25)15-24-26-11-13-31-24/h4-9,11,13-14,20,23,25,27,29H,10,12,15-16H2,1H3/t20-,23+,25-/m1/s1. The number of benzene rings is 2. The van der Waals surface area contributed by atoms with Gasteiger partial charge < -0.3 is 15.2 Å². The predicted octanol–water partition coefficient (Wildman–Crippen LogP) is 3.90. The monoisotopic (exact) mass is 431 g/mol. The van der Waals surface area contributed by atoms with Crippen LogP contribution in [0.5, 0.6) is 5.75 Å². The van der Waals surface area contributed by atoms with Crippen molar-refractivity contribution >= 4 is 17.0 Å². The fraction of sp³-hybridized carbons (Fsp3) is 0.320. The SMILES string of the molecule is COc1ccc(C#Cc2ccc3c(c2)[C@H]2[C@H](CCN2Cc2nccs2)[C@H](CO)N3)cc1. The van der Waals surface area contributed by atoms with Gasteiger partial charge in [-0.05, 0) is 61.0 Å². The molecule has 0 bridgehead atoms. The molecule has 5 rings (SSSR count). The first-order valence-corrected chi connectivity index (χ1v) is 11.4. The molecule has 0 saturated carbocycles. The molecule has 2 aromatic carbocycles. The lowest BCUT2D eigenvalue weighted by molar-refractivity contribution is 0.172. The normalized spacial score (nSPS) is 22.1. The van der Waals surface area contributed by atoms with E-state index < -0.39 is 0 Å². The Bertz CT molecular complexity index is 1100. The van der Waals surface area contributed by atoms with Gasteiger partial charge in [-0.15, -0.1) is 11.3 Å². The number of nitrogens with zero attached hydrogens (tertiary/aromatic N) is 2. The number of fused-ring (bicyclic) bond motifs is 3. The molecule has 3 heterocycles. The first-order chi connectivity index (χ1) is 15.2. The summed E-state index contributed by atoms with van der Waals surface area (Å²) in [7, 11) is 1.66. The predicted molar refractivity (Wildman–Crippen MR) is 123 cm³/mol. The summed E-state index contributed by atoms with van der Waals surface area (Å²) < 4.78 is 5.22. The van der Waals surface area contributed by atoms with E-state index in [2.05, 4.69) is 45.2 Å². The van der Waals surface area contributed by atoms with Gasteiger partial charge in [0.05, 0.1) is 26.3 Å². The second-order valence-electron chi connectivity index (χ2n) is 8.01. The second-order valence-corrected chi connectivity index (χ2v) is 8.99. The summed E-state index contributed by atoms with van der Waals surface area (Å²) >= 11 is 1.70. The maximum absolute atomic E-state index is 9.99. The Kier molecular flexibility index (Phi) is 5.65. The van der Waals surface area contributed by atoms with Crippen molar-refractivity contribution in [3.05, 3.63) is 75.7 Å². The molecule has 2 aliphatic heterocycles. The Labute approximate surface area is 186 Å². The van der Waals surface area contributed by atoms with Gasteiger partial charge in [0.25, 0.3) is 0 Å². The van der Waals surface area contributed by atoms with Gasteiger partial charge >= 0.3 is 0 Å². The molecule has 1 aromatic heterocycles. The molecule has 6 heteroatoms. The Morgan fingerprint density at radius 1 is 1.19 bits per heavy atom. The highest BCUT2D eigenvalue weighted by Gasteiger charge is 2.43. The molecule has 0 aliphatic carbocycles. The van der Waals surface area contributed by atoms with Crippen molar-refractivity contribution in [1.29, 1.82) is 0 Å². The van der Waals surface area contributed by atoms with Crippen molar-refractivity contribution < 1.29 is 9.84 Å². The van der Waals surface area contributed by atoms with E-state index in [1.807, 2.05) is 35.8 Å². The van der Waals surface area contributed by atoms with Crippen LogP contribution in [0.3, 0.4) is 0 Å². The molecule has 0 radical (unpaired) electrons.